The van der Waals surface area contributed by atoms with Crippen molar-refractivity contribution >= 4 is 5.91 Å². The Hall–Kier alpha value is -1.04. The van der Waals surface area contributed by atoms with Crippen molar-refractivity contribution < 1.29 is 18.0 Å². The normalized spacial score (nSPS) is 25.4. The molecule has 6 heteroatoms. The van der Waals surface area contributed by atoms with Crippen LogP contribution in [0.5, 0.6) is 0 Å². The minimum absolute atomic E-state index is 0.0109. The van der Waals surface area contributed by atoms with Crippen LogP contribution < -0.4 is 5.32 Å². The monoisotopic (exact) mass is 292 g/mol. The zero-order valence-corrected chi connectivity index (χ0v) is 12.4. The van der Waals surface area contributed by atoms with Gasteiger partial charge in [-0.15, -0.1) is 0 Å². The summed E-state index contributed by atoms with van der Waals surface area (Å²) in [5, 5.41) is 2.14. The van der Waals surface area contributed by atoms with Gasteiger partial charge in [0.15, 0.2) is 0 Å². The first-order chi connectivity index (χ1) is 9.05. The van der Waals surface area contributed by atoms with Crippen molar-refractivity contribution in [1.82, 2.24) is 10.2 Å². The van der Waals surface area contributed by atoms with E-state index >= 15 is 0 Å². The van der Waals surface area contributed by atoms with Crippen molar-refractivity contribution in [3.8, 4) is 0 Å². The Bertz CT molecular complexity index is 372. The lowest BCUT2D eigenvalue weighted by molar-refractivity contribution is -0.174. The van der Waals surface area contributed by atoms with Gasteiger partial charge in [-0.05, 0) is 40.0 Å². The largest absolute Gasteiger partial charge is 0.471 e. The number of likely N-dealkylation sites (tertiary alicyclic amines) is 1. The Morgan fingerprint density at radius 1 is 1.30 bits per heavy atom. The fraction of sp³-hybridized carbons (Fsp3) is 0.786. The van der Waals surface area contributed by atoms with E-state index in [2.05, 4.69) is 10.2 Å². The Morgan fingerprint density at radius 2 is 1.90 bits per heavy atom. The number of carbonyl (C=O) groups excluding carboxylic acids is 1. The number of nitrogens with zero attached hydrogens (tertiary/aromatic N) is 1. The highest BCUT2D eigenvalue weighted by Crippen LogP contribution is 2.28. The second-order valence-corrected chi connectivity index (χ2v) is 6.22. The van der Waals surface area contributed by atoms with Gasteiger partial charge in [0.25, 0.3) is 0 Å². The number of allylic oxidation sites excluding steroid dienone is 2. The summed E-state index contributed by atoms with van der Waals surface area (Å²) < 4.78 is 37.1. The minimum Gasteiger partial charge on any atom is -0.344 e. The van der Waals surface area contributed by atoms with Crippen LogP contribution in [0.4, 0.5) is 13.2 Å². The zero-order valence-electron chi connectivity index (χ0n) is 12.4. The van der Waals surface area contributed by atoms with Gasteiger partial charge in [-0.3, -0.25) is 9.69 Å². The molecular formula is C14H23F3N2O. The lowest BCUT2D eigenvalue weighted by Crippen LogP contribution is -2.47. The SMILES string of the molecule is CC=CC[C@H]1CN(C(C)(C)C)C[C@@H]1NC(=O)C(F)(F)F. The lowest BCUT2D eigenvalue weighted by Gasteiger charge is -2.31. The second-order valence-electron chi connectivity index (χ2n) is 6.22. The van der Waals surface area contributed by atoms with E-state index in [4.69, 9.17) is 0 Å². The summed E-state index contributed by atoms with van der Waals surface area (Å²) in [6, 6.07) is -0.459. The fourth-order valence-electron chi connectivity index (χ4n) is 2.38. The van der Waals surface area contributed by atoms with Crippen molar-refractivity contribution in [2.45, 2.75) is 51.9 Å². The first-order valence-corrected chi connectivity index (χ1v) is 6.79. The number of halogens is 3. The molecule has 116 valence electrons. The molecular weight excluding hydrogens is 269 g/mol. The van der Waals surface area contributed by atoms with Crippen molar-refractivity contribution in [2.24, 2.45) is 5.92 Å². The van der Waals surface area contributed by atoms with Crippen LogP contribution in [0.2, 0.25) is 0 Å². The zero-order chi connectivity index (χ0) is 15.6. The molecule has 0 radical (unpaired) electrons. The molecule has 2 atom stereocenters. The minimum atomic E-state index is -4.82. The fourth-order valence-corrected chi connectivity index (χ4v) is 2.38. The summed E-state index contributed by atoms with van der Waals surface area (Å²) >= 11 is 0. The molecule has 1 aliphatic heterocycles. The second kappa shape index (κ2) is 6.16. The summed E-state index contributed by atoms with van der Waals surface area (Å²) in [6.07, 6.45) is -0.335. The average Bonchev–Trinajstić information content (AvgIpc) is 2.68. The number of alkyl halides is 3. The van der Waals surface area contributed by atoms with E-state index in [1.54, 1.807) is 0 Å². The molecule has 20 heavy (non-hydrogen) atoms. The molecule has 0 aromatic heterocycles. The van der Waals surface area contributed by atoms with Gasteiger partial charge in [-0.25, -0.2) is 0 Å². The number of amides is 1. The van der Waals surface area contributed by atoms with Gasteiger partial charge in [0.2, 0.25) is 0 Å². The van der Waals surface area contributed by atoms with Gasteiger partial charge in [-0.1, -0.05) is 12.2 Å². The molecule has 0 unspecified atom stereocenters. The molecule has 0 bridgehead atoms. The number of carbonyl (C=O) groups is 1. The molecule has 0 saturated carbocycles. The Labute approximate surface area is 118 Å². The van der Waals surface area contributed by atoms with E-state index in [9.17, 15) is 18.0 Å². The Kier molecular flexibility index (Phi) is 5.24. The van der Waals surface area contributed by atoms with Crippen molar-refractivity contribution in [3.05, 3.63) is 12.2 Å². The summed E-state index contributed by atoms with van der Waals surface area (Å²) in [5.74, 6) is -1.83. The van der Waals surface area contributed by atoms with Gasteiger partial charge in [0, 0.05) is 24.7 Å². The van der Waals surface area contributed by atoms with Gasteiger partial charge in [0.05, 0.1) is 0 Å². The van der Waals surface area contributed by atoms with E-state index in [-0.39, 0.29) is 11.5 Å². The molecule has 1 fully saturated rings. The molecule has 0 aromatic rings. The van der Waals surface area contributed by atoms with Gasteiger partial charge in [0.1, 0.15) is 0 Å². The molecule has 1 saturated heterocycles. The Morgan fingerprint density at radius 3 is 2.35 bits per heavy atom. The quantitative estimate of drug-likeness (QED) is 0.811. The third kappa shape index (κ3) is 4.51. The van der Waals surface area contributed by atoms with E-state index in [0.29, 0.717) is 19.5 Å². The van der Waals surface area contributed by atoms with Crippen LogP contribution in [-0.2, 0) is 4.79 Å². The highest BCUT2D eigenvalue weighted by molar-refractivity contribution is 5.82. The molecule has 0 aliphatic carbocycles. The molecule has 3 nitrogen and oxygen atoms in total. The maximum absolute atomic E-state index is 12.4. The molecule has 1 heterocycles. The van der Waals surface area contributed by atoms with E-state index in [1.165, 1.54) is 0 Å². The predicted molar refractivity (Wildman–Crippen MR) is 72.2 cm³/mol. The number of rotatable bonds is 3. The summed E-state index contributed by atoms with van der Waals surface area (Å²) in [5.41, 5.74) is -0.119. The van der Waals surface area contributed by atoms with Crippen LogP contribution in [0.1, 0.15) is 34.1 Å². The first kappa shape index (κ1) is 17.0. The third-order valence-corrected chi connectivity index (χ3v) is 3.64. The molecule has 0 aromatic carbocycles. The highest BCUT2D eigenvalue weighted by Gasteiger charge is 2.44. The van der Waals surface area contributed by atoms with Gasteiger partial charge < -0.3 is 5.32 Å². The van der Waals surface area contributed by atoms with E-state index < -0.39 is 18.1 Å². The molecule has 1 aliphatic rings. The van der Waals surface area contributed by atoms with Crippen LogP contribution >= 0.6 is 0 Å². The summed E-state index contributed by atoms with van der Waals surface area (Å²) in [7, 11) is 0. The van der Waals surface area contributed by atoms with Gasteiger partial charge in [-0.2, -0.15) is 13.2 Å². The van der Waals surface area contributed by atoms with Gasteiger partial charge >= 0.3 is 12.1 Å². The number of nitrogens with one attached hydrogen (secondary N) is 1. The summed E-state index contributed by atoms with van der Waals surface area (Å²) in [6.45, 7) is 9.08. The maximum atomic E-state index is 12.4. The van der Waals surface area contributed by atoms with Crippen molar-refractivity contribution in [3.63, 3.8) is 0 Å². The maximum Gasteiger partial charge on any atom is 0.471 e. The van der Waals surface area contributed by atoms with Crippen LogP contribution in [0.25, 0.3) is 0 Å². The predicted octanol–water partition coefficient (Wildman–Crippen LogP) is 2.73. The molecule has 0 spiro atoms. The van der Waals surface area contributed by atoms with E-state index in [0.717, 1.165) is 0 Å². The van der Waals surface area contributed by atoms with E-state index in [1.807, 2.05) is 39.8 Å². The smallest absolute Gasteiger partial charge is 0.344 e. The Balaban J connectivity index is 2.77. The molecule has 1 amide bonds. The van der Waals surface area contributed by atoms with Crippen molar-refractivity contribution in [2.75, 3.05) is 13.1 Å². The van der Waals surface area contributed by atoms with Crippen molar-refractivity contribution in [1.29, 1.82) is 0 Å². The topological polar surface area (TPSA) is 32.3 Å². The van der Waals surface area contributed by atoms with Crippen LogP contribution in [0.3, 0.4) is 0 Å². The first-order valence-electron chi connectivity index (χ1n) is 6.79. The lowest BCUT2D eigenvalue weighted by atomic mass is 9.99. The number of hydrogen-bond acceptors (Lipinski definition) is 2. The number of hydrogen-bond donors (Lipinski definition) is 1. The summed E-state index contributed by atoms with van der Waals surface area (Å²) in [4.78, 5) is 13.2. The third-order valence-electron chi connectivity index (χ3n) is 3.64. The molecule has 1 N–H and O–H groups in total. The average molecular weight is 292 g/mol. The highest BCUT2D eigenvalue weighted by atomic mass is 19.4. The van der Waals surface area contributed by atoms with Crippen LogP contribution in [0, 0.1) is 5.92 Å². The van der Waals surface area contributed by atoms with Crippen LogP contribution in [-0.4, -0.2) is 41.7 Å². The standard InChI is InChI=1S/C14H23F3N2O/c1-5-6-7-10-8-19(13(2,3)4)9-11(10)18-12(20)14(15,16)17/h5-6,10-11H,7-9H2,1-4H3,(H,18,20)/t10-,11-/m0/s1. The van der Waals surface area contributed by atoms with Crippen LogP contribution in [0.15, 0.2) is 12.2 Å². The molecule has 1 rings (SSSR count).